The van der Waals surface area contributed by atoms with E-state index in [2.05, 4.69) is 0 Å². The number of aliphatic hydroxyl groups excluding tert-OH is 1. The summed E-state index contributed by atoms with van der Waals surface area (Å²) < 4.78 is 0. The van der Waals surface area contributed by atoms with Crippen LogP contribution in [0.1, 0.15) is 22.8 Å². The Morgan fingerprint density at radius 3 is 2.50 bits per heavy atom. The van der Waals surface area contributed by atoms with Crippen molar-refractivity contribution in [2.45, 2.75) is 20.0 Å². The predicted molar refractivity (Wildman–Crippen MR) is 49.9 cm³/mol. The van der Waals surface area contributed by atoms with E-state index in [1.165, 1.54) is 11.1 Å². The van der Waals surface area contributed by atoms with Crippen LogP contribution in [0.4, 0.5) is 0 Å². The van der Waals surface area contributed by atoms with Crippen LogP contribution < -0.4 is 5.73 Å². The predicted octanol–water partition coefficient (Wildman–Crippen LogP) is 1.30. The van der Waals surface area contributed by atoms with Gasteiger partial charge < -0.3 is 10.8 Å². The van der Waals surface area contributed by atoms with E-state index in [0.29, 0.717) is 0 Å². The molecule has 0 radical (unpaired) electrons. The molecule has 0 aliphatic heterocycles. The normalized spacial score (nSPS) is 13.0. The molecule has 12 heavy (non-hydrogen) atoms. The first-order valence-corrected chi connectivity index (χ1v) is 4.10. The molecule has 0 fully saturated rings. The number of hydrogen-bond donors (Lipinski definition) is 2. The van der Waals surface area contributed by atoms with Crippen molar-refractivity contribution in [3.8, 4) is 0 Å². The molecule has 0 heterocycles. The minimum atomic E-state index is -0.524. The highest BCUT2D eigenvalue weighted by atomic mass is 16.3. The molecule has 3 N–H and O–H groups in total. The highest BCUT2D eigenvalue weighted by molar-refractivity contribution is 5.31. The smallest absolute Gasteiger partial charge is 0.0912 e. The molecule has 1 aromatic rings. The zero-order valence-electron chi connectivity index (χ0n) is 7.54. The summed E-state index contributed by atoms with van der Waals surface area (Å²) in [5.41, 5.74) is 8.68. The summed E-state index contributed by atoms with van der Waals surface area (Å²) in [6.45, 7) is 4.36. The van der Waals surface area contributed by atoms with Crippen LogP contribution >= 0.6 is 0 Å². The molecule has 0 spiro atoms. The molecule has 0 aliphatic carbocycles. The molecule has 2 heteroatoms. The Morgan fingerprint density at radius 2 is 2.00 bits per heavy atom. The SMILES string of the molecule is Cc1ccc([C@@H](O)CN)cc1C. The second kappa shape index (κ2) is 3.70. The lowest BCUT2D eigenvalue weighted by Gasteiger charge is -2.09. The largest absolute Gasteiger partial charge is 0.387 e. The molecule has 1 aromatic carbocycles. The van der Waals surface area contributed by atoms with Gasteiger partial charge in [0.2, 0.25) is 0 Å². The van der Waals surface area contributed by atoms with E-state index in [1.807, 2.05) is 32.0 Å². The fourth-order valence-corrected chi connectivity index (χ4v) is 1.11. The van der Waals surface area contributed by atoms with Crippen molar-refractivity contribution < 1.29 is 5.11 Å². The topological polar surface area (TPSA) is 46.2 Å². The first kappa shape index (κ1) is 9.23. The summed E-state index contributed by atoms with van der Waals surface area (Å²) in [6.07, 6.45) is -0.524. The molecule has 0 saturated heterocycles. The summed E-state index contributed by atoms with van der Waals surface area (Å²) in [5.74, 6) is 0. The van der Waals surface area contributed by atoms with E-state index in [9.17, 15) is 5.11 Å². The number of aliphatic hydroxyl groups is 1. The zero-order valence-corrected chi connectivity index (χ0v) is 7.54. The molecule has 0 bridgehead atoms. The number of hydrogen-bond acceptors (Lipinski definition) is 2. The third kappa shape index (κ3) is 1.84. The van der Waals surface area contributed by atoms with Gasteiger partial charge in [0.1, 0.15) is 0 Å². The van der Waals surface area contributed by atoms with Gasteiger partial charge in [0.05, 0.1) is 6.10 Å². The van der Waals surface area contributed by atoms with E-state index >= 15 is 0 Å². The number of benzene rings is 1. The lowest BCUT2D eigenvalue weighted by Crippen LogP contribution is -2.11. The van der Waals surface area contributed by atoms with Gasteiger partial charge >= 0.3 is 0 Å². The van der Waals surface area contributed by atoms with Crippen molar-refractivity contribution >= 4 is 0 Å². The van der Waals surface area contributed by atoms with E-state index in [0.717, 1.165) is 5.56 Å². The van der Waals surface area contributed by atoms with E-state index < -0.39 is 6.10 Å². The van der Waals surface area contributed by atoms with Gasteiger partial charge in [-0.2, -0.15) is 0 Å². The van der Waals surface area contributed by atoms with Crippen LogP contribution in [0.5, 0.6) is 0 Å². The number of nitrogens with two attached hydrogens (primary N) is 1. The first-order chi connectivity index (χ1) is 5.65. The monoisotopic (exact) mass is 165 g/mol. The summed E-state index contributed by atoms with van der Waals surface area (Å²) >= 11 is 0. The Hall–Kier alpha value is -0.860. The standard InChI is InChI=1S/C10H15NO/c1-7-3-4-9(5-8(7)2)10(12)6-11/h3-5,10,12H,6,11H2,1-2H3/t10-/m0/s1. The maximum absolute atomic E-state index is 9.42. The maximum Gasteiger partial charge on any atom is 0.0912 e. The van der Waals surface area contributed by atoms with Gasteiger partial charge in [0.15, 0.2) is 0 Å². The molecule has 1 atom stereocenters. The highest BCUT2D eigenvalue weighted by Gasteiger charge is 2.04. The van der Waals surface area contributed by atoms with Crippen LogP contribution in [0, 0.1) is 13.8 Å². The van der Waals surface area contributed by atoms with Crippen molar-refractivity contribution in [2.75, 3.05) is 6.54 Å². The molecule has 66 valence electrons. The van der Waals surface area contributed by atoms with Crippen molar-refractivity contribution in [2.24, 2.45) is 5.73 Å². The van der Waals surface area contributed by atoms with Crippen LogP contribution in [-0.4, -0.2) is 11.7 Å². The third-order valence-electron chi connectivity index (χ3n) is 2.14. The fraction of sp³-hybridized carbons (Fsp3) is 0.400. The van der Waals surface area contributed by atoms with Gasteiger partial charge in [0.25, 0.3) is 0 Å². The summed E-state index contributed by atoms with van der Waals surface area (Å²) in [4.78, 5) is 0. The minimum absolute atomic E-state index is 0.280. The number of rotatable bonds is 2. The van der Waals surface area contributed by atoms with Gasteiger partial charge in [-0.1, -0.05) is 18.2 Å². The Kier molecular flexibility index (Phi) is 2.84. The summed E-state index contributed by atoms with van der Waals surface area (Å²) in [6, 6.07) is 5.90. The van der Waals surface area contributed by atoms with Gasteiger partial charge in [-0.05, 0) is 30.5 Å². The average Bonchev–Trinajstić information content (AvgIpc) is 2.08. The Labute approximate surface area is 73.0 Å². The van der Waals surface area contributed by atoms with Crippen LogP contribution in [0.25, 0.3) is 0 Å². The maximum atomic E-state index is 9.42. The summed E-state index contributed by atoms with van der Waals surface area (Å²) in [7, 11) is 0. The minimum Gasteiger partial charge on any atom is -0.387 e. The molecule has 0 unspecified atom stereocenters. The zero-order chi connectivity index (χ0) is 9.14. The Bertz CT molecular complexity index is 271. The van der Waals surface area contributed by atoms with Crippen LogP contribution in [0.2, 0.25) is 0 Å². The van der Waals surface area contributed by atoms with Gasteiger partial charge in [-0.15, -0.1) is 0 Å². The van der Waals surface area contributed by atoms with E-state index in [4.69, 9.17) is 5.73 Å². The Balaban J connectivity index is 2.96. The molecule has 2 nitrogen and oxygen atoms in total. The summed E-state index contributed by atoms with van der Waals surface area (Å²) in [5, 5.41) is 9.42. The van der Waals surface area contributed by atoms with Crippen LogP contribution in [0.15, 0.2) is 18.2 Å². The lowest BCUT2D eigenvalue weighted by molar-refractivity contribution is 0.186. The fourth-order valence-electron chi connectivity index (χ4n) is 1.11. The third-order valence-corrected chi connectivity index (χ3v) is 2.14. The van der Waals surface area contributed by atoms with Crippen molar-refractivity contribution in [3.63, 3.8) is 0 Å². The van der Waals surface area contributed by atoms with Crippen LogP contribution in [0.3, 0.4) is 0 Å². The molecule has 0 saturated carbocycles. The first-order valence-electron chi connectivity index (χ1n) is 4.10. The van der Waals surface area contributed by atoms with Crippen molar-refractivity contribution in [1.29, 1.82) is 0 Å². The van der Waals surface area contributed by atoms with Gasteiger partial charge in [-0.25, -0.2) is 0 Å². The molecular formula is C10H15NO. The lowest BCUT2D eigenvalue weighted by atomic mass is 10.0. The highest BCUT2D eigenvalue weighted by Crippen LogP contribution is 2.15. The molecular weight excluding hydrogens is 150 g/mol. The van der Waals surface area contributed by atoms with Crippen LogP contribution in [-0.2, 0) is 0 Å². The molecule has 0 aliphatic rings. The molecule has 0 amide bonds. The number of aryl methyl sites for hydroxylation is 2. The second-order valence-corrected chi connectivity index (χ2v) is 3.10. The van der Waals surface area contributed by atoms with E-state index in [1.54, 1.807) is 0 Å². The quantitative estimate of drug-likeness (QED) is 0.693. The van der Waals surface area contributed by atoms with Gasteiger partial charge in [0, 0.05) is 6.54 Å². The van der Waals surface area contributed by atoms with Gasteiger partial charge in [-0.3, -0.25) is 0 Å². The molecule has 1 rings (SSSR count). The Morgan fingerprint density at radius 1 is 1.33 bits per heavy atom. The second-order valence-electron chi connectivity index (χ2n) is 3.10. The molecule has 0 aromatic heterocycles. The van der Waals surface area contributed by atoms with E-state index in [-0.39, 0.29) is 6.54 Å². The average molecular weight is 165 g/mol. The van der Waals surface area contributed by atoms with Crippen molar-refractivity contribution in [3.05, 3.63) is 34.9 Å². The van der Waals surface area contributed by atoms with Crippen molar-refractivity contribution in [1.82, 2.24) is 0 Å².